The summed E-state index contributed by atoms with van der Waals surface area (Å²) in [4.78, 5) is 13.3. The summed E-state index contributed by atoms with van der Waals surface area (Å²) in [5.74, 6) is -0.260. The molecule has 0 saturated carbocycles. The minimum atomic E-state index is -1.80. The number of unbranched alkanes of at least 4 members (excludes halogenated alkanes) is 28. The standard InChI is InChI=1S/C72H125NO13/c1-3-5-7-9-11-13-15-17-19-21-23-25-27-29-30-32-34-36-38-40-42-44-46-48-50-52-54-56-64(77)73-60(59-83-71-69(82)67(80)70(63(58-75)85-71)86-72-68(81)66(79)65(78)62(57-74)84-72)61(76)55-53-51-49-47-45-43-41-39-37-35-33-31-28-26-24-22-20-18-16-14-12-10-8-6-4-2/h5,7,11,13,17,19,23,25,29-30,34,36,40,42,53,55,60-63,65-72,74-76,78-82H,3-4,6,8-10,12,14-16,18,20-22,24,26-28,31-33,35,37-39,41,43-52,54,56-59H2,1-2H3,(H,73,77)/b7-5-,13-11-,19-17-,25-23-,30-29-,36-34-,42-40-,55-53+. The van der Waals surface area contributed by atoms with Crippen LogP contribution >= 0.6 is 0 Å². The van der Waals surface area contributed by atoms with Gasteiger partial charge in [-0.05, 0) is 77.0 Å². The van der Waals surface area contributed by atoms with Gasteiger partial charge in [-0.2, -0.15) is 0 Å². The third kappa shape index (κ3) is 39.8. The predicted molar refractivity (Wildman–Crippen MR) is 350 cm³/mol. The van der Waals surface area contributed by atoms with Gasteiger partial charge in [-0.15, -0.1) is 0 Å². The van der Waals surface area contributed by atoms with Crippen molar-refractivity contribution in [3.05, 3.63) is 97.2 Å². The van der Waals surface area contributed by atoms with Gasteiger partial charge in [-0.25, -0.2) is 0 Å². The molecule has 0 aromatic heterocycles. The van der Waals surface area contributed by atoms with Crippen LogP contribution in [0, 0.1) is 0 Å². The number of nitrogens with one attached hydrogen (secondary N) is 1. The fraction of sp³-hybridized carbons (Fsp3) is 0.764. The average Bonchev–Trinajstić information content (AvgIpc) is 2.53. The Labute approximate surface area is 522 Å². The van der Waals surface area contributed by atoms with Crippen molar-refractivity contribution in [3.63, 3.8) is 0 Å². The molecular weight excluding hydrogens is 1090 g/mol. The summed E-state index contributed by atoms with van der Waals surface area (Å²) in [5, 5.41) is 87.4. The SMILES string of the molecule is CC/C=C\C/C=C\C/C=C\C/C=C\C/C=C\C/C=C\C/C=C\CCCCCCCC(=O)NC(COC1OC(CO)C(OC2OC(CO)C(O)C(O)C2O)C(O)C1O)C(O)/C=C/CCCCCCCCCCCCCCCCCCCCCCCCC. The molecule has 2 fully saturated rings. The molecule has 2 aliphatic heterocycles. The maximum atomic E-state index is 13.3. The second kappa shape index (κ2) is 55.9. The second-order valence-electron chi connectivity index (χ2n) is 23.9. The minimum Gasteiger partial charge on any atom is -0.394 e. The Kier molecular flexibility index (Phi) is 51.4. The molecule has 14 heteroatoms. The van der Waals surface area contributed by atoms with Crippen molar-refractivity contribution in [2.24, 2.45) is 0 Å². The average molecular weight is 1210 g/mol. The van der Waals surface area contributed by atoms with Gasteiger partial charge in [0.2, 0.25) is 5.91 Å². The Morgan fingerprint density at radius 1 is 0.430 bits per heavy atom. The molecule has 9 N–H and O–H groups in total. The van der Waals surface area contributed by atoms with Crippen LogP contribution in [0.15, 0.2) is 97.2 Å². The maximum absolute atomic E-state index is 13.3. The van der Waals surface area contributed by atoms with Gasteiger partial charge in [-0.3, -0.25) is 4.79 Å². The lowest BCUT2D eigenvalue weighted by atomic mass is 9.97. The van der Waals surface area contributed by atoms with Crippen molar-refractivity contribution in [1.29, 1.82) is 0 Å². The van der Waals surface area contributed by atoms with E-state index in [1.807, 2.05) is 6.08 Å². The molecular formula is C72H125NO13. The number of hydrogen-bond donors (Lipinski definition) is 9. The van der Waals surface area contributed by atoms with E-state index in [4.69, 9.17) is 18.9 Å². The highest BCUT2D eigenvalue weighted by Crippen LogP contribution is 2.30. The molecule has 496 valence electrons. The summed E-state index contributed by atoms with van der Waals surface area (Å²) >= 11 is 0. The van der Waals surface area contributed by atoms with Crippen molar-refractivity contribution in [2.75, 3.05) is 19.8 Å². The highest BCUT2D eigenvalue weighted by molar-refractivity contribution is 5.76. The Bertz CT molecular complexity index is 1810. The number of ether oxygens (including phenoxy) is 4. The minimum absolute atomic E-state index is 0.253. The number of carbonyl (C=O) groups excluding carboxylic acids is 1. The molecule has 0 spiro atoms. The van der Waals surface area contributed by atoms with Gasteiger partial charge in [0.15, 0.2) is 12.6 Å². The van der Waals surface area contributed by atoms with Gasteiger partial charge in [0.25, 0.3) is 0 Å². The zero-order chi connectivity index (χ0) is 62.3. The Morgan fingerprint density at radius 3 is 1.23 bits per heavy atom. The molecule has 12 atom stereocenters. The summed E-state index contributed by atoms with van der Waals surface area (Å²) < 4.78 is 22.8. The first-order valence-corrected chi connectivity index (χ1v) is 34.5. The molecule has 0 aliphatic carbocycles. The van der Waals surface area contributed by atoms with E-state index in [-0.39, 0.29) is 18.9 Å². The molecule has 14 nitrogen and oxygen atoms in total. The Hall–Kier alpha value is -3.09. The van der Waals surface area contributed by atoms with E-state index >= 15 is 0 Å². The topological polar surface area (TPSA) is 228 Å². The number of rotatable bonds is 55. The smallest absolute Gasteiger partial charge is 0.220 e. The number of hydrogen-bond acceptors (Lipinski definition) is 13. The van der Waals surface area contributed by atoms with Crippen LogP contribution in [0.4, 0.5) is 0 Å². The van der Waals surface area contributed by atoms with Crippen LogP contribution in [-0.4, -0.2) is 140 Å². The quantitative estimate of drug-likeness (QED) is 0.0204. The van der Waals surface area contributed by atoms with E-state index in [1.54, 1.807) is 6.08 Å². The summed E-state index contributed by atoms with van der Waals surface area (Å²) in [6.07, 6.45) is 61.6. The van der Waals surface area contributed by atoms with Crippen LogP contribution in [0.2, 0.25) is 0 Å². The first kappa shape index (κ1) is 79.0. The molecule has 0 aromatic rings. The van der Waals surface area contributed by atoms with E-state index in [0.717, 1.165) is 96.3 Å². The van der Waals surface area contributed by atoms with E-state index in [1.165, 1.54) is 135 Å². The second-order valence-corrected chi connectivity index (χ2v) is 23.9. The van der Waals surface area contributed by atoms with Gasteiger partial charge in [-0.1, -0.05) is 272 Å². The number of carbonyl (C=O) groups is 1. The summed E-state index contributed by atoms with van der Waals surface area (Å²) in [6, 6.07) is -0.934. The first-order valence-electron chi connectivity index (χ1n) is 34.5. The monoisotopic (exact) mass is 1210 g/mol. The van der Waals surface area contributed by atoms with Crippen LogP contribution in [0.25, 0.3) is 0 Å². The Morgan fingerprint density at radius 2 is 0.802 bits per heavy atom. The van der Waals surface area contributed by atoms with Crippen LogP contribution in [0.3, 0.4) is 0 Å². The highest BCUT2D eigenvalue weighted by atomic mass is 16.7. The van der Waals surface area contributed by atoms with Crippen LogP contribution in [-0.2, 0) is 23.7 Å². The summed E-state index contributed by atoms with van der Waals surface area (Å²) in [7, 11) is 0. The third-order valence-electron chi connectivity index (χ3n) is 16.3. The molecule has 0 aromatic carbocycles. The van der Waals surface area contributed by atoms with Crippen LogP contribution in [0.5, 0.6) is 0 Å². The van der Waals surface area contributed by atoms with Crippen molar-refractivity contribution in [2.45, 2.75) is 331 Å². The van der Waals surface area contributed by atoms with E-state index in [9.17, 15) is 45.6 Å². The maximum Gasteiger partial charge on any atom is 0.220 e. The molecule has 86 heavy (non-hydrogen) atoms. The van der Waals surface area contributed by atoms with Gasteiger partial charge in [0.1, 0.15) is 48.8 Å². The van der Waals surface area contributed by atoms with Gasteiger partial charge >= 0.3 is 0 Å². The summed E-state index contributed by atoms with van der Waals surface area (Å²) in [5.41, 5.74) is 0. The third-order valence-corrected chi connectivity index (χ3v) is 16.3. The van der Waals surface area contributed by atoms with Crippen LogP contribution in [0.1, 0.15) is 258 Å². The predicted octanol–water partition coefficient (Wildman–Crippen LogP) is 13.8. The molecule has 1 amide bonds. The number of aliphatic hydroxyl groups excluding tert-OH is 8. The van der Waals surface area contributed by atoms with E-state index in [0.29, 0.717) is 6.42 Å². The first-order chi connectivity index (χ1) is 42.1. The number of allylic oxidation sites excluding steroid dienone is 15. The Balaban J connectivity index is 1.72. The number of amides is 1. The van der Waals surface area contributed by atoms with Gasteiger partial charge < -0.3 is 65.1 Å². The zero-order valence-electron chi connectivity index (χ0n) is 53.8. The van der Waals surface area contributed by atoms with Gasteiger partial charge in [0.05, 0.1) is 32.0 Å². The fourth-order valence-electron chi connectivity index (χ4n) is 10.8. The fourth-order valence-corrected chi connectivity index (χ4v) is 10.8. The lowest BCUT2D eigenvalue weighted by molar-refractivity contribution is -0.359. The van der Waals surface area contributed by atoms with Crippen molar-refractivity contribution in [1.82, 2.24) is 5.32 Å². The lowest BCUT2D eigenvalue weighted by Gasteiger charge is -2.46. The molecule has 2 rings (SSSR count). The van der Waals surface area contributed by atoms with Crippen LogP contribution < -0.4 is 5.32 Å². The lowest BCUT2D eigenvalue weighted by Crippen LogP contribution is -2.65. The molecule has 2 aliphatic rings. The van der Waals surface area contributed by atoms with E-state index < -0.39 is 86.8 Å². The zero-order valence-corrected chi connectivity index (χ0v) is 53.8. The number of aliphatic hydroxyl groups is 8. The largest absolute Gasteiger partial charge is 0.394 e. The van der Waals surface area contributed by atoms with Crippen molar-refractivity contribution in [3.8, 4) is 0 Å². The summed E-state index contributed by atoms with van der Waals surface area (Å²) in [6.45, 7) is 2.69. The molecule has 0 radical (unpaired) electrons. The molecule has 12 unspecified atom stereocenters. The molecule has 2 heterocycles. The normalized spacial score (nSPS) is 24.0. The van der Waals surface area contributed by atoms with Crippen molar-refractivity contribution < 1.29 is 64.6 Å². The molecule has 2 saturated heterocycles. The van der Waals surface area contributed by atoms with Crippen molar-refractivity contribution >= 4 is 5.91 Å². The van der Waals surface area contributed by atoms with E-state index in [2.05, 4.69) is 104 Å². The van der Waals surface area contributed by atoms with Gasteiger partial charge in [0, 0.05) is 6.42 Å². The highest BCUT2D eigenvalue weighted by Gasteiger charge is 2.51. The molecule has 0 bridgehead atoms.